The van der Waals surface area contributed by atoms with Crippen LogP contribution in [0.15, 0.2) is 12.1 Å². The summed E-state index contributed by atoms with van der Waals surface area (Å²) in [4.78, 5) is 11.1. The van der Waals surface area contributed by atoms with Gasteiger partial charge in [-0.2, -0.15) is 0 Å². The Morgan fingerprint density at radius 3 is 2.39 bits per heavy atom. The number of halogens is 1. The zero-order chi connectivity index (χ0) is 13.2. The fraction of sp³-hybridized carbons (Fsp3) is 0.462. The summed E-state index contributed by atoms with van der Waals surface area (Å²) in [6, 6.07) is 3.62. The fourth-order valence-corrected chi connectivity index (χ4v) is 1.78. The number of aryl methyl sites for hydroxylation is 2. The Balaban J connectivity index is 0.00000289. The Kier molecular flexibility index (Phi) is 5.64. The molecule has 0 aliphatic heterocycles. The summed E-state index contributed by atoms with van der Waals surface area (Å²) >= 11 is 0. The molecular weight excluding hydrogens is 254 g/mol. The van der Waals surface area contributed by atoms with Crippen molar-refractivity contribution < 1.29 is 14.6 Å². The Morgan fingerprint density at radius 2 is 1.94 bits per heavy atom. The first-order chi connectivity index (χ1) is 7.80. The van der Waals surface area contributed by atoms with Crippen molar-refractivity contribution in [2.24, 2.45) is 5.73 Å². The highest BCUT2D eigenvalue weighted by Gasteiger charge is 2.32. The van der Waals surface area contributed by atoms with Crippen molar-refractivity contribution in [3.05, 3.63) is 28.8 Å². The van der Waals surface area contributed by atoms with Crippen LogP contribution in [0.3, 0.4) is 0 Å². The van der Waals surface area contributed by atoms with E-state index in [4.69, 9.17) is 15.6 Å². The molecule has 0 heterocycles. The minimum absolute atomic E-state index is 0. The van der Waals surface area contributed by atoms with Crippen LogP contribution < -0.4 is 10.5 Å². The molecule has 5 heteroatoms. The third kappa shape index (κ3) is 3.15. The van der Waals surface area contributed by atoms with E-state index < -0.39 is 11.5 Å². The molecule has 0 bridgehead atoms. The molecule has 1 aromatic rings. The molecule has 102 valence electrons. The molecule has 0 aromatic heterocycles. The molecule has 1 rings (SSSR count). The van der Waals surface area contributed by atoms with Gasteiger partial charge in [-0.25, -0.2) is 4.79 Å². The molecule has 0 saturated carbocycles. The molecule has 0 aliphatic carbocycles. The summed E-state index contributed by atoms with van der Waals surface area (Å²) in [5, 5.41) is 9.13. The van der Waals surface area contributed by atoms with Crippen LogP contribution in [0.1, 0.15) is 30.5 Å². The van der Waals surface area contributed by atoms with Crippen molar-refractivity contribution in [1.29, 1.82) is 0 Å². The number of hydrogen-bond donors (Lipinski definition) is 2. The van der Waals surface area contributed by atoms with E-state index in [1.54, 1.807) is 6.07 Å². The van der Waals surface area contributed by atoms with Gasteiger partial charge in [0.15, 0.2) is 0 Å². The van der Waals surface area contributed by atoms with Crippen LogP contribution in [0.5, 0.6) is 5.75 Å². The van der Waals surface area contributed by atoms with E-state index in [1.165, 1.54) is 6.92 Å². The lowest BCUT2D eigenvalue weighted by Crippen LogP contribution is -2.42. The fourth-order valence-electron chi connectivity index (χ4n) is 1.78. The van der Waals surface area contributed by atoms with Crippen LogP contribution in [-0.2, 0) is 10.3 Å². The molecule has 4 nitrogen and oxygen atoms in total. The molecule has 3 N–H and O–H groups in total. The number of ether oxygens (including phenoxy) is 1. The van der Waals surface area contributed by atoms with Crippen molar-refractivity contribution in [2.45, 2.75) is 33.2 Å². The third-order valence-corrected chi connectivity index (χ3v) is 2.83. The highest BCUT2D eigenvalue weighted by Crippen LogP contribution is 2.29. The average molecular weight is 274 g/mol. The topological polar surface area (TPSA) is 72.5 Å². The first-order valence-electron chi connectivity index (χ1n) is 5.57. The van der Waals surface area contributed by atoms with Gasteiger partial charge < -0.3 is 15.6 Å². The van der Waals surface area contributed by atoms with Crippen LogP contribution in [0.25, 0.3) is 0 Å². The van der Waals surface area contributed by atoms with Gasteiger partial charge in [0.05, 0.1) is 6.61 Å². The second-order valence-corrected chi connectivity index (χ2v) is 4.37. The lowest BCUT2D eigenvalue weighted by molar-refractivity contribution is -0.143. The Hall–Kier alpha value is -1.26. The van der Waals surface area contributed by atoms with Crippen molar-refractivity contribution in [1.82, 2.24) is 0 Å². The minimum Gasteiger partial charge on any atom is -0.494 e. The van der Waals surface area contributed by atoms with Crippen LogP contribution >= 0.6 is 12.4 Å². The van der Waals surface area contributed by atoms with Crippen molar-refractivity contribution in [3.8, 4) is 5.75 Å². The van der Waals surface area contributed by atoms with E-state index in [0.717, 1.165) is 16.9 Å². The van der Waals surface area contributed by atoms with E-state index in [2.05, 4.69) is 0 Å². The Bertz CT molecular complexity index is 444. The van der Waals surface area contributed by atoms with Gasteiger partial charge in [-0.1, -0.05) is 0 Å². The summed E-state index contributed by atoms with van der Waals surface area (Å²) in [5.74, 6) is -0.265. The first-order valence-corrected chi connectivity index (χ1v) is 5.57. The monoisotopic (exact) mass is 273 g/mol. The van der Waals surface area contributed by atoms with Crippen LogP contribution in [-0.4, -0.2) is 17.7 Å². The van der Waals surface area contributed by atoms with Gasteiger partial charge in [0.1, 0.15) is 11.3 Å². The summed E-state index contributed by atoms with van der Waals surface area (Å²) in [5.41, 5.74) is 6.79. The number of aliphatic carboxylic acids is 1. The number of nitrogens with two attached hydrogens (primary N) is 1. The summed E-state index contributed by atoms with van der Waals surface area (Å²) in [6.07, 6.45) is 0. The predicted molar refractivity (Wildman–Crippen MR) is 73.5 cm³/mol. The largest absolute Gasteiger partial charge is 0.494 e. The molecule has 0 saturated heterocycles. The normalized spacial score (nSPS) is 13.4. The van der Waals surface area contributed by atoms with Crippen molar-refractivity contribution in [3.63, 3.8) is 0 Å². The smallest absolute Gasteiger partial charge is 0.328 e. The van der Waals surface area contributed by atoms with E-state index >= 15 is 0 Å². The van der Waals surface area contributed by atoms with Gasteiger partial charge in [-0.05, 0) is 56.5 Å². The highest BCUT2D eigenvalue weighted by atomic mass is 35.5. The van der Waals surface area contributed by atoms with Gasteiger partial charge in [-0.15, -0.1) is 12.4 Å². The molecular formula is C13H20ClNO3. The zero-order valence-corrected chi connectivity index (χ0v) is 11.9. The predicted octanol–water partition coefficient (Wildman–Crippen LogP) is 2.38. The van der Waals surface area contributed by atoms with Gasteiger partial charge in [0.25, 0.3) is 0 Å². The number of carbonyl (C=O) groups is 1. The van der Waals surface area contributed by atoms with Gasteiger partial charge >= 0.3 is 5.97 Å². The number of rotatable bonds is 4. The van der Waals surface area contributed by atoms with E-state index in [9.17, 15) is 4.79 Å². The maximum Gasteiger partial charge on any atom is 0.328 e. The average Bonchev–Trinajstić information content (AvgIpc) is 2.22. The van der Waals surface area contributed by atoms with E-state index in [1.807, 2.05) is 26.8 Å². The lowest BCUT2D eigenvalue weighted by atomic mass is 9.88. The number of hydrogen-bond acceptors (Lipinski definition) is 3. The number of carboxylic acid groups (broad SMARTS) is 1. The summed E-state index contributed by atoms with van der Waals surface area (Å²) in [6.45, 7) is 7.71. The number of carboxylic acids is 1. The molecule has 0 fully saturated rings. The lowest BCUT2D eigenvalue weighted by Gasteiger charge is -2.23. The van der Waals surface area contributed by atoms with Crippen molar-refractivity contribution >= 4 is 18.4 Å². The van der Waals surface area contributed by atoms with Gasteiger partial charge in [-0.3, -0.25) is 0 Å². The standard InChI is InChI=1S/C13H19NO3.ClH/c1-5-17-11-7-8(2)10(6-9(11)3)13(4,14)12(15)16;/h6-7H,5,14H2,1-4H3,(H,15,16);1H. The van der Waals surface area contributed by atoms with Crippen LogP contribution in [0, 0.1) is 13.8 Å². The molecule has 0 radical (unpaired) electrons. The number of benzene rings is 1. The summed E-state index contributed by atoms with van der Waals surface area (Å²) in [7, 11) is 0. The molecule has 1 unspecified atom stereocenters. The molecule has 1 atom stereocenters. The SMILES string of the molecule is CCOc1cc(C)c(C(C)(N)C(=O)O)cc1C.Cl. The molecule has 0 amide bonds. The second kappa shape index (κ2) is 6.07. The Labute approximate surface area is 114 Å². The zero-order valence-electron chi connectivity index (χ0n) is 11.1. The quantitative estimate of drug-likeness (QED) is 0.883. The van der Waals surface area contributed by atoms with Gasteiger partial charge in [0.2, 0.25) is 0 Å². The van der Waals surface area contributed by atoms with E-state index in [-0.39, 0.29) is 12.4 Å². The first kappa shape index (κ1) is 16.7. The van der Waals surface area contributed by atoms with Crippen LogP contribution in [0.2, 0.25) is 0 Å². The van der Waals surface area contributed by atoms with Crippen LogP contribution in [0.4, 0.5) is 0 Å². The third-order valence-electron chi connectivity index (χ3n) is 2.83. The summed E-state index contributed by atoms with van der Waals surface area (Å²) < 4.78 is 5.46. The molecule has 1 aromatic carbocycles. The molecule has 18 heavy (non-hydrogen) atoms. The highest BCUT2D eigenvalue weighted by molar-refractivity contribution is 5.85. The maximum atomic E-state index is 11.1. The van der Waals surface area contributed by atoms with Crippen molar-refractivity contribution in [2.75, 3.05) is 6.61 Å². The van der Waals surface area contributed by atoms with E-state index in [0.29, 0.717) is 12.2 Å². The van der Waals surface area contributed by atoms with Gasteiger partial charge in [0, 0.05) is 0 Å². The maximum absolute atomic E-state index is 11.1. The molecule has 0 spiro atoms. The molecule has 0 aliphatic rings. The second-order valence-electron chi connectivity index (χ2n) is 4.37. The minimum atomic E-state index is -1.38. The Morgan fingerprint density at radius 1 is 1.39 bits per heavy atom.